The summed E-state index contributed by atoms with van der Waals surface area (Å²) in [5.74, 6) is -0.0863. The topological polar surface area (TPSA) is 53.5 Å². The zero-order valence-electron chi connectivity index (χ0n) is 12.6. The minimum Gasteiger partial charge on any atom is -0.331 e. The Labute approximate surface area is 144 Å². The molecule has 116 valence electrons. The maximum atomic E-state index is 12.6. The largest absolute Gasteiger partial charge is 0.331 e. The quantitative estimate of drug-likeness (QED) is 0.555. The average Bonchev–Trinajstić information content (AvgIpc) is 2.88. The van der Waals surface area contributed by atoms with Gasteiger partial charge < -0.3 is 5.32 Å². The molecular weight excluding hydrogens is 318 g/mol. The number of benzene rings is 3. The number of ketones is 1. The summed E-state index contributed by atoms with van der Waals surface area (Å²) in [6, 6.07) is 21.1. The predicted octanol–water partition coefficient (Wildman–Crippen LogP) is 3.73. The van der Waals surface area contributed by atoms with Gasteiger partial charge in [-0.25, -0.2) is 0 Å². The molecule has 0 unspecified atom stereocenters. The number of hydrogen-bond donors (Lipinski definition) is 2. The van der Waals surface area contributed by atoms with E-state index in [1.54, 1.807) is 0 Å². The highest BCUT2D eigenvalue weighted by Crippen LogP contribution is 2.30. The number of hydrogen-bond acceptors (Lipinski definition) is 3. The Kier molecular flexibility index (Phi) is 3.55. The average molecular weight is 331 g/mol. The Balaban J connectivity index is 1.61. The van der Waals surface area contributed by atoms with Crippen LogP contribution in [0.2, 0.25) is 0 Å². The van der Waals surface area contributed by atoms with Crippen LogP contribution in [-0.4, -0.2) is 16.6 Å². The van der Waals surface area contributed by atoms with Gasteiger partial charge in [-0.3, -0.25) is 10.2 Å². The molecule has 0 saturated carbocycles. The summed E-state index contributed by atoms with van der Waals surface area (Å²) < 4.78 is 0. The summed E-state index contributed by atoms with van der Waals surface area (Å²) in [4.78, 5) is 12.6. The SMILES string of the molecule is O=C1/C(=N/NC(=S)Nc2ccccc2)c2cccc3cccc1c23. The number of nitrogens with zero attached hydrogens (tertiary/aromatic N) is 1. The minimum absolute atomic E-state index is 0.0863. The minimum atomic E-state index is -0.0863. The van der Waals surface area contributed by atoms with Gasteiger partial charge in [0.25, 0.3) is 0 Å². The fourth-order valence-corrected chi connectivity index (χ4v) is 3.04. The van der Waals surface area contributed by atoms with Crippen molar-refractivity contribution in [2.24, 2.45) is 5.10 Å². The van der Waals surface area contributed by atoms with Crippen LogP contribution in [0.4, 0.5) is 5.69 Å². The number of rotatable bonds is 2. The maximum absolute atomic E-state index is 12.6. The molecule has 4 rings (SSSR count). The van der Waals surface area contributed by atoms with Crippen molar-refractivity contribution in [1.29, 1.82) is 0 Å². The van der Waals surface area contributed by atoms with Gasteiger partial charge in [0.15, 0.2) is 5.11 Å². The van der Waals surface area contributed by atoms with Crippen LogP contribution in [0.15, 0.2) is 71.8 Å². The molecule has 1 aliphatic carbocycles. The number of thiocarbonyl (C=S) groups is 1. The Morgan fingerprint density at radius 1 is 0.875 bits per heavy atom. The summed E-state index contributed by atoms with van der Waals surface area (Å²) in [5.41, 5.74) is 5.54. The number of anilines is 1. The first kappa shape index (κ1) is 14.5. The first-order valence-electron chi connectivity index (χ1n) is 7.50. The van der Waals surface area contributed by atoms with Crippen LogP contribution in [-0.2, 0) is 0 Å². The molecule has 0 saturated heterocycles. The molecule has 3 aromatic carbocycles. The summed E-state index contributed by atoms with van der Waals surface area (Å²) in [6.45, 7) is 0. The third-order valence-electron chi connectivity index (χ3n) is 3.92. The molecule has 1 aliphatic rings. The molecule has 0 fully saturated rings. The molecule has 4 nitrogen and oxygen atoms in total. The van der Waals surface area contributed by atoms with Crippen molar-refractivity contribution in [2.75, 3.05) is 5.32 Å². The van der Waals surface area contributed by atoms with E-state index in [4.69, 9.17) is 12.2 Å². The molecule has 0 aliphatic heterocycles. The molecule has 2 N–H and O–H groups in total. The van der Waals surface area contributed by atoms with E-state index in [1.165, 1.54) is 0 Å². The first-order valence-corrected chi connectivity index (χ1v) is 7.91. The molecule has 0 atom stereocenters. The normalized spacial score (nSPS) is 14.2. The predicted molar refractivity (Wildman–Crippen MR) is 101 cm³/mol. The number of para-hydroxylation sites is 1. The van der Waals surface area contributed by atoms with Gasteiger partial charge in [-0.1, -0.05) is 54.6 Å². The number of hydrazone groups is 1. The van der Waals surface area contributed by atoms with Crippen LogP contribution >= 0.6 is 12.2 Å². The second kappa shape index (κ2) is 5.86. The van der Waals surface area contributed by atoms with Crippen LogP contribution < -0.4 is 10.7 Å². The lowest BCUT2D eigenvalue weighted by Gasteiger charge is -2.07. The van der Waals surface area contributed by atoms with Crippen LogP contribution in [0.3, 0.4) is 0 Å². The Morgan fingerprint density at radius 3 is 2.33 bits per heavy atom. The van der Waals surface area contributed by atoms with Gasteiger partial charge in [0, 0.05) is 22.2 Å². The monoisotopic (exact) mass is 331 g/mol. The molecule has 0 spiro atoms. The zero-order valence-corrected chi connectivity index (χ0v) is 13.4. The molecule has 0 radical (unpaired) electrons. The number of carbonyl (C=O) groups excluding carboxylic acids is 1. The van der Waals surface area contributed by atoms with Crippen LogP contribution in [0.5, 0.6) is 0 Å². The van der Waals surface area contributed by atoms with Gasteiger partial charge in [0.1, 0.15) is 5.71 Å². The van der Waals surface area contributed by atoms with E-state index in [0.29, 0.717) is 16.4 Å². The Morgan fingerprint density at radius 2 is 1.58 bits per heavy atom. The standard InChI is InChI=1S/C19H13N3OS/c23-18-15-11-5-7-12-6-4-10-14(16(12)15)17(18)21-22-19(24)20-13-8-2-1-3-9-13/h1-11H,(H2,20,22,24)/b21-17+. The van der Waals surface area contributed by atoms with Crippen LogP contribution in [0.1, 0.15) is 15.9 Å². The van der Waals surface area contributed by atoms with Crippen LogP contribution in [0, 0.1) is 0 Å². The maximum Gasteiger partial charge on any atom is 0.214 e. The van der Waals surface area contributed by atoms with E-state index in [-0.39, 0.29) is 5.78 Å². The molecular formula is C19H13N3OS. The molecule has 0 amide bonds. The van der Waals surface area contributed by atoms with E-state index in [1.807, 2.05) is 66.7 Å². The molecule has 3 aromatic rings. The van der Waals surface area contributed by atoms with Gasteiger partial charge in [0.2, 0.25) is 5.78 Å². The lowest BCUT2D eigenvalue weighted by Crippen LogP contribution is -2.26. The van der Waals surface area contributed by atoms with Crippen molar-refractivity contribution in [3.63, 3.8) is 0 Å². The highest BCUT2D eigenvalue weighted by molar-refractivity contribution is 7.80. The van der Waals surface area contributed by atoms with Gasteiger partial charge in [-0.05, 0) is 29.7 Å². The second-order valence-corrected chi connectivity index (χ2v) is 5.84. The third kappa shape index (κ3) is 2.45. The Hall–Kier alpha value is -3.05. The highest BCUT2D eigenvalue weighted by Gasteiger charge is 2.28. The van der Waals surface area contributed by atoms with E-state index in [9.17, 15) is 4.79 Å². The van der Waals surface area contributed by atoms with Gasteiger partial charge in [-0.15, -0.1) is 0 Å². The fourth-order valence-electron chi connectivity index (χ4n) is 2.88. The summed E-state index contributed by atoms with van der Waals surface area (Å²) in [7, 11) is 0. The Bertz CT molecular complexity index is 991. The molecule has 0 bridgehead atoms. The molecule has 24 heavy (non-hydrogen) atoms. The fraction of sp³-hybridized carbons (Fsp3) is 0. The smallest absolute Gasteiger partial charge is 0.214 e. The molecule has 5 heteroatoms. The van der Waals surface area contributed by atoms with Crippen molar-refractivity contribution in [3.8, 4) is 0 Å². The first-order chi connectivity index (χ1) is 11.7. The molecule has 0 heterocycles. The molecule has 0 aromatic heterocycles. The number of carbonyl (C=O) groups is 1. The van der Waals surface area contributed by atoms with E-state index in [0.717, 1.165) is 22.0 Å². The number of Topliss-reactive ketones (excluding diaryl/α,β-unsaturated/α-hetero) is 1. The van der Waals surface area contributed by atoms with E-state index in [2.05, 4.69) is 15.8 Å². The lowest BCUT2D eigenvalue weighted by molar-refractivity contribution is 0.106. The van der Waals surface area contributed by atoms with Crippen molar-refractivity contribution in [1.82, 2.24) is 5.43 Å². The lowest BCUT2D eigenvalue weighted by atomic mass is 10.1. The second-order valence-electron chi connectivity index (χ2n) is 5.43. The number of nitrogens with one attached hydrogen (secondary N) is 2. The van der Waals surface area contributed by atoms with Crippen molar-refractivity contribution < 1.29 is 4.79 Å². The van der Waals surface area contributed by atoms with E-state index >= 15 is 0 Å². The van der Waals surface area contributed by atoms with Crippen molar-refractivity contribution >= 4 is 45.3 Å². The highest BCUT2D eigenvalue weighted by atomic mass is 32.1. The van der Waals surface area contributed by atoms with Gasteiger partial charge in [0.05, 0.1) is 0 Å². The van der Waals surface area contributed by atoms with Crippen LogP contribution in [0.25, 0.3) is 10.8 Å². The summed E-state index contributed by atoms with van der Waals surface area (Å²) in [6.07, 6.45) is 0. The summed E-state index contributed by atoms with van der Waals surface area (Å²) >= 11 is 5.24. The van der Waals surface area contributed by atoms with Gasteiger partial charge >= 0.3 is 0 Å². The zero-order chi connectivity index (χ0) is 16.5. The van der Waals surface area contributed by atoms with Crippen molar-refractivity contribution in [2.45, 2.75) is 0 Å². The van der Waals surface area contributed by atoms with Crippen molar-refractivity contribution in [3.05, 3.63) is 77.9 Å². The van der Waals surface area contributed by atoms with E-state index < -0.39 is 0 Å². The third-order valence-corrected chi connectivity index (χ3v) is 4.11. The summed E-state index contributed by atoms with van der Waals surface area (Å²) in [5, 5.41) is 9.61. The van der Waals surface area contributed by atoms with Gasteiger partial charge in [-0.2, -0.15) is 5.10 Å².